The van der Waals surface area contributed by atoms with Crippen LogP contribution in [0, 0.1) is 17.3 Å². The minimum absolute atomic E-state index is 0.0103. The Bertz CT molecular complexity index is 433. The number of aromatic nitrogens is 2. The predicted octanol–water partition coefficient (Wildman–Crippen LogP) is 2.99. The molecule has 3 nitrogen and oxygen atoms in total. The minimum Gasteiger partial charge on any atom is -0.338 e. The summed E-state index contributed by atoms with van der Waals surface area (Å²) in [6, 6.07) is 0. The van der Waals surface area contributed by atoms with Crippen molar-refractivity contribution in [2.75, 3.05) is 0 Å². The SMILES string of the molecule is CC1CCC(C(C)(C)Cc2nccn2C)C(=O)C1. The average molecular weight is 248 g/mol. The van der Waals surface area contributed by atoms with Crippen molar-refractivity contribution in [1.82, 2.24) is 9.55 Å². The molecule has 0 saturated heterocycles. The van der Waals surface area contributed by atoms with Crippen LogP contribution in [0.3, 0.4) is 0 Å². The van der Waals surface area contributed by atoms with Gasteiger partial charge in [-0.15, -0.1) is 0 Å². The zero-order chi connectivity index (χ0) is 13.3. The number of carbonyl (C=O) groups excluding carboxylic acids is 1. The fraction of sp³-hybridized carbons (Fsp3) is 0.733. The van der Waals surface area contributed by atoms with Crippen molar-refractivity contribution in [3.8, 4) is 0 Å². The predicted molar refractivity (Wildman–Crippen MR) is 72.2 cm³/mol. The van der Waals surface area contributed by atoms with E-state index in [1.807, 2.05) is 19.4 Å². The van der Waals surface area contributed by atoms with Crippen molar-refractivity contribution in [2.45, 2.75) is 46.5 Å². The quantitative estimate of drug-likeness (QED) is 0.824. The molecule has 0 radical (unpaired) electrons. The third kappa shape index (κ3) is 2.65. The molecule has 0 spiro atoms. The number of Topliss-reactive ketones (excluding diaryl/α,β-unsaturated/α-hetero) is 1. The molecule has 1 aliphatic rings. The standard InChI is InChI=1S/C15H24N2O/c1-11-5-6-12(13(18)9-11)15(2,3)10-14-16-7-8-17(14)4/h7-8,11-12H,5-6,9-10H2,1-4H3. The van der Waals surface area contributed by atoms with Crippen LogP contribution in [0.1, 0.15) is 45.9 Å². The zero-order valence-corrected chi connectivity index (χ0v) is 11.9. The van der Waals surface area contributed by atoms with Crippen LogP contribution in [0.5, 0.6) is 0 Å². The summed E-state index contributed by atoms with van der Waals surface area (Å²) in [5.74, 6) is 2.29. The summed E-state index contributed by atoms with van der Waals surface area (Å²) in [6.45, 7) is 6.60. The molecule has 0 N–H and O–H groups in total. The lowest BCUT2D eigenvalue weighted by Crippen LogP contribution is -2.37. The maximum atomic E-state index is 12.2. The molecule has 18 heavy (non-hydrogen) atoms. The molecular formula is C15H24N2O. The molecule has 1 fully saturated rings. The molecule has 1 saturated carbocycles. The van der Waals surface area contributed by atoms with Crippen molar-refractivity contribution in [3.63, 3.8) is 0 Å². The Kier molecular flexibility index (Phi) is 3.60. The Hall–Kier alpha value is -1.12. The largest absolute Gasteiger partial charge is 0.338 e. The van der Waals surface area contributed by atoms with E-state index in [2.05, 4.69) is 30.3 Å². The first-order valence-corrected chi connectivity index (χ1v) is 6.89. The highest BCUT2D eigenvalue weighted by Crippen LogP contribution is 2.39. The number of aryl methyl sites for hydroxylation is 1. The zero-order valence-electron chi connectivity index (χ0n) is 11.9. The highest BCUT2D eigenvalue weighted by Gasteiger charge is 2.38. The van der Waals surface area contributed by atoms with Gasteiger partial charge in [-0.05, 0) is 24.2 Å². The molecule has 2 unspecified atom stereocenters. The monoisotopic (exact) mass is 248 g/mol. The Balaban J connectivity index is 2.11. The Morgan fingerprint density at radius 3 is 2.72 bits per heavy atom. The first-order valence-electron chi connectivity index (χ1n) is 6.89. The van der Waals surface area contributed by atoms with Crippen molar-refractivity contribution >= 4 is 5.78 Å². The topological polar surface area (TPSA) is 34.9 Å². The Labute approximate surface area is 110 Å². The molecule has 1 aliphatic carbocycles. The molecule has 100 valence electrons. The van der Waals surface area contributed by atoms with E-state index in [0.717, 1.165) is 25.1 Å². The first-order chi connectivity index (χ1) is 8.40. The number of hydrogen-bond acceptors (Lipinski definition) is 2. The fourth-order valence-corrected chi connectivity index (χ4v) is 3.12. The van der Waals surface area contributed by atoms with Crippen molar-refractivity contribution in [1.29, 1.82) is 0 Å². The van der Waals surface area contributed by atoms with E-state index >= 15 is 0 Å². The molecule has 1 aromatic heterocycles. The van der Waals surface area contributed by atoms with Gasteiger partial charge in [-0.2, -0.15) is 0 Å². The van der Waals surface area contributed by atoms with Gasteiger partial charge in [-0.1, -0.05) is 20.8 Å². The number of ketones is 1. The highest BCUT2D eigenvalue weighted by atomic mass is 16.1. The van der Waals surface area contributed by atoms with Crippen LogP contribution < -0.4 is 0 Å². The summed E-state index contributed by atoms with van der Waals surface area (Å²) in [5.41, 5.74) is 0.0103. The molecule has 2 atom stereocenters. The van der Waals surface area contributed by atoms with Gasteiger partial charge in [-0.3, -0.25) is 4.79 Å². The van der Waals surface area contributed by atoms with E-state index in [-0.39, 0.29) is 11.3 Å². The molecule has 0 aliphatic heterocycles. The number of carbonyl (C=O) groups is 1. The van der Waals surface area contributed by atoms with E-state index in [1.165, 1.54) is 6.42 Å². The maximum absolute atomic E-state index is 12.2. The number of nitrogens with zero attached hydrogens (tertiary/aromatic N) is 2. The molecule has 0 aromatic carbocycles. The Morgan fingerprint density at radius 2 is 2.17 bits per heavy atom. The second-order valence-corrected chi connectivity index (χ2v) is 6.53. The lowest BCUT2D eigenvalue weighted by Gasteiger charge is -2.37. The fourth-order valence-electron chi connectivity index (χ4n) is 3.12. The van der Waals surface area contributed by atoms with E-state index in [4.69, 9.17) is 0 Å². The van der Waals surface area contributed by atoms with Crippen LogP contribution in [-0.2, 0) is 18.3 Å². The van der Waals surface area contributed by atoms with Gasteiger partial charge in [0.15, 0.2) is 0 Å². The number of rotatable bonds is 3. The first kappa shape index (κ1) is 13.3. The van der Waals surface area contributed by atoms with Gasteiger partial charge < -0.3 is 4.57 Å². The molecule has 2 rings (SSSR count). The average Bonchev–Trinajstić information content (AvgIpc) is 2.63. The molecule has 1 aromatic rings. The van der Waals surface area contributed by atoms with Crippen LogP contribution in [-0.4, -0.2) is 15.3 Å². The number of hydrogen-bond donors (Lipinski definition) is 0. The Morgan fingerprint density at radius 1 is 1.44 bits per heavy atom. The summed E-state index contributed by atoms with van der Waals surface area (Å²) < 4.78 is 2.05. The normalized spacial score (nSPS) is 25.4. The van der Waals surface area contributed by atoms with Gasteiger partial charge >= 0.3 is 0 Å². The molecule has 1 heterocycles. The van der Waals surface area contributed by atoms with Crippen molar-refractivity contribution in [3.05, 3.63) is 18.2 Å². The van der Waals surface area contributed by atoms with Gasteiger partial charge in [0.05, 0.1) is 0 Å². The minimum atomic E-state index is 0.0103. The van der Waals surface area contributed by atoms with Crippen LogP contribution in [0.25, 0.3) is 0 Å². The van der Waals surface area contributed by atoms with Crippen LogP contribution >= 0.6 is 0 Å². The van der Waals surface area contributed by atoms with Crippen LogP contribution in [0.15, 0.2) is 12.4 Å². The highest BCUT2D eigenvalue weighted by molar-refractivity contribution is 5.82. The molecule has 0 amide bonds. The van der Waals surface area contributed by atoms with Crippen LogP contribution in [0.4, 0.5) is 0 Å². The van der Waals surface area contributed by atoms with Crippen molar-refractivity contribution < 1.29 is 4.79 Å². The molecular weight excluding hydrogens is 224 g/mol. The maximum Gasteiger partial charge on any atom is 0.136 e. The van der Waals surface area contributed by atoms with Crippen molar-refractivity contribution in [2.24, 2.45) is 24.3 Å². The second kappa shape index (κ2) is 4.87. The van der Waals surface area contributed by atoms with Gasteiger partial charge in [0, 0.05) is 38.2 Å². The summed E-state index contributed by atoms with van der Waals surface area (Å²) in [5, 5.41) is 0. The van der Waals surface area contributed by atoms with Gasteiger partial charge in [0.2, 0.25) is 0 Å². The van der Waals surface area contributed by atoms with E-state index in [1.54, 1.807) is 0 Å². The number of imidazole rings is 1. The van der Waals surface area contributed by atoms with Gasteiger partial charge in [0.25, 0.3) is 0 Å². The van der Waals surface area contributed by atoms with Gasteiger partial charge in [0.1, 0.15) is 11.6 Å². The van der Waals surface area contributed by atoms with Crippen LogP contribution in [0.2, 0.25) is 0 Å². The van der Waals surface area contributed by atoms with Gasteiger partial charge in [-0.25, -0.2) is 4.98 Å². The summed E-state index contributed by atoms with van der Waals surface area (Å²) in [6.07, 6.45) is 7.65. The second-order valence-electron chi connectivity index (χ2n) is 6.53. The summed E-state index contributed by atoms with van der Waals surface area (Å²) in [4.78, 5) is 16.6. The summed E-state index contributed by atoms with van der Waals surface area (Å²) in [7, 11) is 2.02. The lowest BCUT2D eigenvalue weighted by atomic mass is 9.67. The van der Waals surface area contributed by atoms with E-state index < -0.39 is 0 Å². The van der Waals surface area contributed by atoms with E-state index in [9.17, 15) is 4.79 Å². The lowest BCUT2D eigenvalue weighted by molar-refractivity contribution is -0.130. The third-order valence-corrected chi connectivity index (χ3v) is 4.36. The summed E-state index contributed by atoms with van der Waals surface area (Å²) >= 11 is 0. The third-order valence-electron chi connectivity index (χ3n) is 4.36. The smallest absolute Gasteiger partial charge is 0.136 e. The molecule has 0 bridgehead atoms. The van der Waals surface area contributed by atoms with E-state index in [0.29, 0.717) is 11.7 Å². The molecule has 3 heteroatoms.